The maximum atomic E-state index is 13.0. The summed E-state index contributed by atoms with van der Waals surface area (Å²) < 4.78 is 0. The topological polar surface area (TPSA) is 53.0 Å². The Kier molecular flexibility index (Phi) is 5.26. The number of aliphatic imine (C=N–C) groups is 1. The van der Waals surface area contributed by atoms with Gasteiger partial charge in [-0.1, -0.05) is 26.2 Å². The molecule has 0 bridgehead atoms. The number of carbonyl (C=O) groups excluding carboxylic acids is 2. The fraction of sp³-hybridized carbons (Fsp3) is 0.842. The summed E-state index contributed by atoms with van der Waals surface area (Å²) in [5.41, 5.74) is -0.689. The summed E-state index contributed by atoms with van der Waals surface area (Å²) in [6.45, 7) is 6.14. The van der Waals surface area contributed by atoms with Crippen LogP contribution in [-0.4, -0.2) is 52.6 Å². The maximum Gasteiger partial charge on any atom is 0.257 e. The largest absolute Gasteiger partial charge is 0.339 e. The van der Waals surface area contributed by atoms with Crippen molar-refractivity contribution in [2.24, 2.45) is 10.9 Å². The molecule has 2 heterocycles. The first-order chi connectivity index (χ1) is 11.6. The van der Waals surface area contributed by atoms with E-state index in [0.29, 0.717) is 13.1 Å². The zero-order valence-corrected chi connectivity index (χ0v) is 15.2. The lowest BCUT2D eigenvalue weighted by molar-refractivity contribution is -0.141. The zero-order chi connectivity index (χ0) is 17.2. The number of piperidine rings is 1. The number of likely N-dealkylation sites (tertiary alicyclic amines) is 1. The molecule has 0 N–H and O–H groups in total. The Bertz CT molecular complexity index is 525. The van der Waals surface area contributed by atoms with Gasteiger partial charge in [-0.05, 0) is 39.0 Å². The van der Waals surface area contributed by atoms with Gasteiger partial charge >= 0.3 is 0 Å². The van der Waals surface area contributed by atoms with Crippen molar-refractivity contribution in [1.29, 1.82) is 0 Å². The highest BCUT2D eigenvalue weighted by Crippen LogP contribution is 2.35. The van der Waals surface area contributed by atoms with Gasteiger partial charge in [0.1, 0.15) is 5.84 Å². The van der Waals surface area contributed by atoms with Crippen molar-refractivity contribution >= 4 is 17.6 Å². The molecule has 0 aromatic carbocycles. The van der Waals surface area contributed by atoms with Gasteiger partial charge in [-0.25, -0.2) is 0 Å². The van der Waals surface area contributed by atoms with Crippen molar-refractivity contribution in [1.82, 2.24) is 9.80 Å². The molecule has 2 aliphatic heterocycles. The molecule has 134 valence electrons. The monoisotopic (exact) mass is 333 g/mol. The Balaban J connectivity index is 1.77. The van der Waals surface area contributed by atoms with E-state index in [0.717, 1.165) is 70.2 Å². The van der Waals surface area contributed by atoms with E-state index in [1.165, 1.54) is 0 Å². The Morgan fingerprint density at radius 3 is 2.67 bits per heavy atom. The van der Waals surface area contributed by atoms with Crippen LogP contribution >= 0.6 is 0 Å². The number of carbonyl (C=O) groups is 2. The lowest BCUT2D eigenvalue weighted by Gasteiger charge is -2.38. The predicted molar refractivity (Wildman–Crippen MR) is 94.9 cm³/mol. The van der Waals surface area contributed by atoms with Gasteiger partial charge in [-0.15, -0.1) is 0 Å². The molecule has 3 rings (SSSR count). The van der Waals surface area contributed by atoms with E-state index in [1.807, 2.05) is 16.7 Å². The Morgan fingerprint density at radius 2 is 2.00 bits per heavy atom. The predicted octanol–water partition coefficient (Wildman–Crippen LogP) is 2.99. The number of unbranched alkanes of at least 4 members (excludes halogenated alkanes) is 1. The highest BCUT2D eigenvalue weighted by Gasteiger charge is 2.50. The van der Waals surface area contributed by atoms with E-state index >= 15 is 0 Å². The summed E-state index contributed by atoms with van der Waals surface area (Å²) in [5.74, 6) is 1.52. The molecule has 1 saturated heterocycles. The lowest BCUT2D eigenvalue weighted by atomic mass is 9.88. The summed E-state index contributed by atoms with van der Waals surface area (Å²) in [7, 11) is 0. The SMILES string of the molecule is CCCCC1=NC2(CCCN(C(=O)C3CCCC3)C2)C(=O)N1CC. The van der Waals surface area contributed by atoms with Gasteiger partial charge in [0.15, 0.2) is 5.54 Å². The van der Waals surface area contributed by atoms with E-state index in [1.54, 1.807) is 0 Å². The van der Waals surface area contributed by atoms with Crippen LogP contribution in [0.15, 0.2) is 4.99 Å². The molecule has 5 heteroatoms. The molecule has 1 saturated carbocycles. The molecule has 1 spiro atoms. The molecular formula is C19H31N3O2. The van der Waals surface area contributed by atoms with Crippen molar-refractivity contribution in [3.05, 3.63) is 0 Å². The number of amides is 2. The number of nitrogens with zero attached hydrogens (tertiary/aromatic N) is 3. The first kappa shape index (κ1) is 17.4. The second kappa shape index (κ2) is 7.24. The van der Waals surface area contributed by atoms with E-state index in [-0.39, 0.29) is 17.7 Å². The number of hydrogen-bond donors (Lipinski definition) is 0. The van der Waals surface area contributed by atoms with Crippen molar-refractivity contribution < 1.29 is 9.59 Å². The minimum atomic E-state index is -0.689. The lowest BCUT2D eigenvalue weighted by Crippen LogP contribution is -2.55. The van der Waals surface area contributed by atoms with Gasteiger partial charge in [0.05, 0.1) is 6.54 Å². The van der Waals surface area contributed by atoms with E-state index in [4.69, 9.17) is 4.99 Å². The minimum absolute atomic E-state index is 0.125. The number of rotatable bonds is 5. The van der Waals surface area contributed by atoms with Crippen LogP contribution in [-0.2, 0) is 9.59 Å². The normalized spacial score (nSPS) is 28.1. The van der Waals surface area contributed by atoms with Crippen LogP contribution in [0.3, 0.4) is 0 Å². The second-order valence-electron chi connectivity index (χ2n) is 7.56. The molecular weight excluding hydrogens is 302 g/mol. The molecule has 0 aromatic heterocycles. The zero-order valence-electron chi connectivity index (χ0n) is 15.2. The van der Waals surface area contributed by atoms with E-state index in [9.17, 15) is 9.59 Å². The number of hydrogen-bond acceptors (Lipinski definition) is 3. The molecule has 2 fully saturated rings. The summed E-state index contributed by atoms with van der Waals surface area (Å²) in [6, 6.07) is 0. The molecule has 24 heavy (non-hydrogen) atoms. The van der Waals surface area contributed by atoms with Crippen LogP contribution in [0.25, 0.3) is 0 Å². The van der Waals surface area contributed by atoms with Crippen LogP contribution in [0.5, 0.6) is 0 Å². The number of amidine groups is 1. The molecule has 0 aromatic rings. The summed E-state index contributed by atoms with van der Waals surface area (Å²) in [6.07, 6.45) is 9.06. The smallest absolute Gasteiger partial charge is 0.257 e. The van der Waals surface area contributed by atoms with Crippen molar-refractivity contribution in [3.8, 4) is 0 Å². The quantitative estimate of drug-likeness (QED) is 0.776. The summed E-state index contributed by atoms with van der Waals surface area (Å²) in [5, 5.41) is 0. The van der Waals surface area contributed by atoms with Crippen LogP contribution in [0.1, 0.15) is 71.6 Å². The standard InChI is InChI=1S/C19H31N3O2/c1-3-5-11-16-20-19(18(24)22(16)4-2)12-8-13-21(14-19)17(23)15-9-6-7-10-15/h15H,3-14H2,1-2H3. The molecule has 5 nitrogen and oxygen atoms in total. The second-order valence-corrected chi connectivity index (χ2v) is 7.56. The summed E-state index contributed by atoms with van der Waals surface area (Å²) in [4.78, 5) is 34.6. The third kappa shape index (κ3) is 3.09. The fourth-order valence-corrected chi connectivity index (χ4v) is 4.50. The molecule has 1 aliphatic carbocycles. The maximum absolute atomic E-state index is 13.0. The third-order valence-electron chi connectivity index (χ3n) is 5.85. The third-order valence-corrected chi connectivity index (χ3v) is 5.85. The first-order valence-corrected chi connectivity index (χ1v) is 9.81. The Labute approximate surface area is 145 Å². The highest BCUT2D eigenvalue weighted by molar-refractivity contribution is 6.08. The van der Waals surface area contributed by atoms with Gasteiger partial charge in [0.25, 0.3) is 5.91 Å². The van der Waals surface area contributed by atoms with Gasteiger partial charge in [0.2, 0.25) is 5.91 Å². The molecule has 1 unspecified atom stereocenters. The first-order valence-electron chi connectivity index (χ1n) is 9.81. The molecule has 3 aliphatic rings. The summed E-state index contributed by atoms with van der Waals surface area (Å²) >= 11 is 0. The van der Waals surface area contributed by atoms with Crippen molar-refractivity contribution in [3.63, 3.8) is 0 Å². The Hall–Kier alpha value is -1.39. The van der Waals surface area contributed by atoms with Gasteiger partial charge in [-0.2, -0.15) is 0 Å². The van der Waals surface area contributed by atoms with E-state index in [2.05, 4.69) is 6.92 Å². The van der Waals surface area contributed by atoms with E-state index < -0.39 is 5.54 Å². The molecule has 2 amide bonds. The van der Waals surface area contributed by atoms with Gasteiger partial charge in [-0.3, -0.25) is 19.5 Å². The van der Waals surface area contributed by atoms with Crippen LogP contribution in [0.2, 0.25) is 0 Å². The van der Waals surface area contributed by atoms with Crippen molar-refractivity contribution in [2.45, 2.75) is 77.2 Å². The average Bonchev–Trinajstić information content (AvgIpc) is 3.21. The Morgan fingerprint density at radius 1 is 1.25 bits per heavy atom. The van der Waals surface area contributed by atoms with Crippen LogP contribution < -0.4 is 0 Å². The van der Waals surface area contributed by atoms with Crippen LogP contribution in [0, 0.1) is 5.92 Å². The van der Waals surface area contributed by atoms with Crippen molar-refractivity contribution in [2.75, 3.05) is 19.6 Å². The van der Waals surface area contributed by atoms with Gasteiger partial charge in [0, 0.05) is 25.4 Å². The van der Waals surface area contributed by atoms with Gasteiger partial charge < -0.3 is 4.90 Å². The minimum Gasteiger partial charge on any atom is -0.339 e. The molecule has 1 atom stereocenters. The molecule has 0 radical (unpaired) electrons. The average molecular weight is 333 g/mol. The van der Waals surface area contributed by atoms with Crippen LogP contribution in [0.4, 0.5) is 0 Å². The highest BCUT2D eigenvalue weighted by atomic mass is 16.2. The fourth-order valence-electron chi connectivity index (χ4n) is 4.50. The number of likely N-dealkylation sites (N-methyl/N-ethyl adjacent to an activating group) is 1.